The third kappa shape index (κ3) is 2.44. The van der Waals surface area contributed by atoms with Crippen LogP contribution in [0.15, 0.2) is 12.3 Å². The van der Waals surface area contributed by atoms with Gasteiger partial charge in [-0.25, -0.2) is 9.78 Å². The molecule has 1 rings (SSSR count). The molecule has 0 saturated heterocycles. The van der Waals surface area contributed by atoms with Gasteiger partial charge in [-0.3, -0.25) is 0 Å². The Hall–Kier alpha value is -1.29. The summed E-state index contributed by atoms with van der Waals surface area (Å²) in [6.07, 6.45) is 2.40. The van der Waals surface area contributed by atoms with E-state index in [-0.39, 0.29) is 16.6 Å². The van der Waals surface area contributed by atoms with Crippen LogP contribution in [0.4, 0.5) is 5.82 Å². The van der Waals surface area contributed by atoms with E-state index >= 15 is 0 Å². The van der Waals surface area contributed by atoms with E-state index in [0.29, 0.717) is 5.82 Å². The second-order valence-electron chi connectivity index (χ2n) is 3.67. The van der Waals surface area contributed by atoms with E-state index in [1.165, 1.54) is 12.3 Å². The lowest BCUT2D eigenvalue weighted by atomic mass is 10.2. The van der Waals surface area contributed by atoms with Crippen molar-refractivity contribution in [2.45, 2.75) is 26.3 Å². The normalized spacial score (nSPS) is 12.2. The molecular formula is C11H15ClN2O2. The minimum atomic E-state index is -1.04. The number of halogens is 1. The molecule has 0 amide bonds. The highest BCUT2D eigenvalue weighted by molar-refractivity contribution is 6.35. The average Bonchev–Trinajstić information content (AvgIpc) is 2.27. The molecule has 0 aliphatic carbocycles. The molecule has 1 N–H and O–H groups in total. The Labute approximate surface area is 99.9 Å². The topological polar surface area (TPSA) is 53.4 Å². The van der Waals surface area contributed by atoms with E-state index in [4.69, 9.17) is 16.7 Å². The Bertz CT molecular complexity index is 396. The van der Waals surface area contributed by atoms with Gasteiger partial charge in [0.15, 0.2) is 0 Å². The summed E-state index contributed by atoms with van der Waals surface area (Å²) in [4.78, 5) is 16.9. The molecular weight excluding hydrogens is 228 g/mol. The van der Waals surface area contributed by atoms with Gasteiger partial charge in [-0.15, -0.1) is 0 Å². The van der Waals surface area contributed by atoms with Crippen molar-refractivity contribution in [1.82, 2.24) is 4.98 Å². The Morgan fingerprint density at radius 3 is 2.81 bits per heavy atom. The first-order valence-corrected chi connectivity index (χ1v) is 5.47. The molecule has 0 aromatic carbocycles. The van der Waals surface area contributed by atoms with Crippen LogP contribution in [0.25, 0.3) is 0 Å². The number of carboxylic acids is 1. The van der Waals surface area contributed by atoms with Gasteiger partial charge >= 0.3 is 5.97 Å². The smallest absolute Gasteiger partial charge is 0.337 e. The standard InChI is InChI=1S/C11H15ClN2O2/c1-4-7(2)14(3)10-9(12)8(11(15)16)5-6-13-10/h5-7H,4H2,1-3H3,(H,15,16). The van der Waals surface area contributed by atoms with Crippen LogP contribution in [-0.4, -0.2) is 29.1 Å². The van der Waals surface area contributed by atoms with Crippen LogP contribution in [0, 0.1) is 0 Å². The quantitative estimate of drug-likeness (QED) is 0.882. The molecule has 88 valence electrons. The van der Waals surface area contributed by atoms with Crippen molar-refractivity contribution in [3.8, 4) is 0 Å². The highest BCUT2D eigenvalue weighted by Gasteiger charge is 2.18. The number of aromatic carboxylic acids is 1. The molecule has 1 heterocycles. The van der Waals surface area contributed by atoms with Crippen molar-refractivity contribution in [3.63, 3.8) is 0 Å². The number of carboxylic acid groups (broad SMARTS) is 1. The molecule has 0 bridgehead atoms. The summed E-state index contributed by atoms with van der Waals surface area (Å²) in [5.74, 6) is -0.526. The lowest BCUT2D eigenvalue weighted by molar-refractivity contribution is 0.0697. The fourth-order valence-electron chi connectivity index (χ4n) is 1.33. The van der Waals surface area contributed by atoms with E-state index in [1.807, 2.05) is 18.9 Å². The van der Waals surface area contributed by atoms with Crippen molar-refractivity contribution in [3.05, 3.63) is 22.8 Å². The van der Waals surface area contributed by atoms with Crippen LogP contribution in [-0.2, 0) is 0 Å². The predicted molar refractivity (Wildman–Crippen MR) is 64.4 cm³/mol. The number of hydrogen-bond donors (Lipinski definition) is 1. The Balaban J connectivity index is 3.15. The van der Waals surface area contributed by atoms with Gasteiger partial charge in [0, 0.05) is 19.3 Å². The van der Waals surface area contributed by atoms with E-state index in [1.54, 1.807) is 0 Å². The molecule has 0 aliphatic rings. The number of rotatable bonds is 4. The summed E-state index contributed by atoms with van der Waals surface area (Å²) in [7, 11) is 1.86. The Kier molecular flexibility index (Phi) is 4.12. The highest BCUT2D eigenvalue weighted by atomic mass is 35.5. The molecule has 4 nitrogen and oxygen atoms in total. The van der Waals surface area contributed by atoms with Crippen LogP contribution in [0.2, 0.25) is 5.02 Å². The second kappa shape index (κ2) is 5.16. The van der Waals surface area contributed by atoms with Gasteiger partial charge in [-0.1, -0.05) is 18.5 Å². The van der Waals surface area contributed by atoms with Crippen LogP contribution in [0.3, 0.4) is 0 Å². The summed E-state index contributed by atoms with van der Waals surface area (Å²) in [6.45, 7) is 4.08. The molecule has 16 heavy (non-hydrogen) atoms. The maximum Gasteiger partial charge on any atom is 0.337 e. The molecule has 0 fully saturated rings. The van der Waals surface area contributed by atoms with Crippen molar-refractivity contribution < 1.29 is 9.90 Å². The molecule has 5 heteroatoms. The maximum atomic E-state index is 10.9. The number of nitrogens with zero attached hydrogens (tertiary/aromatic N) is 2. The zero-order valence-corrected chi connectivity index (χ0v) is 10.3. The van der Waals surface area contributed by atoms with Crippen molar-refractivity contribution in [2.24, 2.45) is 0 Å². The van der Waals surface area contributed by atoms with Gasteiger partial charge in [0.2, 0.25) is 0 Å². The highest BCUT2D eigenvalue weighted by Crippen LogP contribution is 2.27. The van der Waals surface area contributed by atoms with Crippen LogP contribution >= 0.6 is 11.6 Å². The molecule has 1 aromatic rings. The fraction of sp³-hybridized carbons (Fsp3) is 0.455. The largest absolute Gasteiger partial charge is 0.478 e. The maximum absolute atomic E-state index is 10.9. The molecule has 0 saturated carbocycles. The van der Waals surface area contributed by atoms with E-state index in [9.17, 15) is 4.79 Å². The molecule has 0 spiro atoms. The van der Waals surface area contributed by atoms with Crippen molar-refractivity contribution in [2.75, 3.05) is 11.9 Å². The minimum Gasteiger partial charge on any atom is -0.478 e. The third-order valence-electron chi connectivity index (χ3n) is 2.69. The molecule has 0 aliphatic heterocycles. The summed E-state index contributed by atoms with van der Waals surface area (Å²) < 4.78 is 0. The SMILES string of the molecule is CCC(C)N(C)c1nccc(C(=O)O)c1Cl. The number of anilines is 1. The first-order chi connectivity index (χ1) is 7.49. The first kappa shape index (κ1) is 12.8. The summed E-state index contributed by atoms with van der Waals surface area (Å²) in [5, 5.41) is 9.13. The predicted octanol–water partition coefficient (Wildman–Crippen LogP) is 2.67. The molecule has 1 unspecified atom stereocenters. The van der Waals surface area contributed by atoms with Gasteiger partial charge in [-0.2, -0.15) is 0 Å². The van der Waals surface area contributed by atoms with Gasteiger partial charge in [-0.05, 0) is 19.4 Å². The monoisotopic (exact) mass is 242 g/mol. The first-order valence-electron chi connectivity index (χ1n) is 5.09. The van der Waals surface area contributed by atoms with Crippen molar-refractivity contribution >= 4 is 23.4 Å². The van der Waals surface area contributed by atoms with E-state index in [2.05, 4.69) is 11.9 Å². The molecule has 1 atom stereocenters. The van der Waals surface area contributed by atoms with Gasteiger partial charge < -0.3 is 10.0 Å². The van der Waals surface area contributed by atoms with Crippen LogP contribution in [0.5, 0.6) is 0 Å². The number of hydrogen-bond acceptors (Lipinski definition) is 3. The number of carbonyl (C=O) groups is 1. The minimum absolute atomic E-state index is 0.0850. The van der Waals surface area contributed by atoms with Crippen LogP contribution < -0.4 is 4.90 Å². The van der Waals surface area contributed by atoms with Crippen molar-refractivity contribution in [1.29, 1.82) is 0 Å². The number of aromatic nitrogens is 1. The summed E-state index contributed by atoms with van der Waals surface area (Å²) >= 11 is 6.01. The van der Waals surface area contributed by atoms with E-state index < -0.39 is 5.97 Å². The zero-order valence-electron chi connectivity index (χ0n) is 9.57. The lowest BCUT2D eigenvalue weighted by Gasteiger charge is -2.25. The van der Waals surface area contributed by atoms with Gasteiger partial charge in [0.25, 0.3) is 0 Å². The molecule has 0 radical (unpaired) electrons. The zero-order chi connectivity index (χ0) is 12.3. The fourth-order valence-corrected chi connectivity index (χ4v) is 1.65. The van der Waals surface area contributed by atoms with Crippen LogP contribution in [0.1, 0.15) is 30.6 Å². The van der Waals surface area contributed by atoms with Gasteiger partial charge in [0.05, 0.1) is 10.6 Å². The summed E-state index contributed by atoms with van der Waals surface area (Å²) in [6, 6.07) is 1.66. The average molecular weight is 243 g/mol. The Morgan fingerprint density at radius 1 is 1.69 bits per heavy atom. The van der Waals surface area contributed by atoms with E-state index in [0.717, 1.165) is 6.42 Å². The lowest BCUT2D eigenvalue weighted by Crippen LogP contribution is -2.29. The summed E-state index contributed by atoms with van der Waals surface area (Å²) in [5.41, 5.74) is 0.0850. The number of pyridine rings is 1. The molecule has 1 aromatic heterocycles. The Morgan fingerprint density at radius 2 is 2.31 bits per heavy atom. The third-order valence-corrected chi connectivity index (χ3v) is 3.06. The van der Waals surface area contributed by atoms with Gasteiger partial charge in [0.1, 0.15) is 5.82 Å². The second-order valence-corrected chi connectivity index (χ2v) is 4.05.